The molecular formula is C11H21BO4P+. The van der Waals surface area contributed by atoms with Gasteiger partial charge in [0.2, 0.25) is 0 Å². The molecule has 4 nitrogen and oxygen atoms in total. The van der Waals surface area contributed by atoms with Crippen molar-refractivity contribution in [3.8, 4) is 0 Å². The predicted octanol–water partition coefficient (Wildman–Crippen LogP) is 0.877. The first-order valence-electron chi connectivity index (χ1n) is 5.58. The third kappa shape index (κ3) is 1.71. The van der Waals surface area contributed by atoms with Crippen LogP contribution in [0.3, 0.4) is 0 Å². The number of aliphatic hydroxyl groups excluding tert-OH is 2. The van der Waals surface area contributed by atoms with Crippen molar-refractivity contribution in [1.82, 2.24) is 0 Å². The van der Waals surface area contributed by atoms with Gasteiger partial charge in [0.05, 0.1) is 25.0 Å². The van der Waals surface area contributed by atoms with Crippen LogP contribution in [0, 0.1) is 11.3 Å². The quantitative estimate of drug-likeness (QED) is 0.519. The van der Waals surface area contributed by atoms with Gasteiger partial charge in [0.1, 0.15) is 6.16 Å². The van der Waals surface area contributed by atoms with Crippen molar-refractivity contribution in [3.05, 3.63) is 0 Å². The molecule has 2 saturated carbocycles. The van der Waals surface area contributed by atoms with E-state index in [4.69, 9.17) is 7.85 Å². The summed E-state index contributed by atoms with van der Waals surface area (Å²) in [6.07, 6.45) is -0.177. The Labute approximate surface area is 105 Å². The van der Waals surface area contributed by atoms with Crippen molar-refractivity contribution in [2.24, 2.45) is 11.3 Å². The summed E-state index contributed by atoms with van der Waals surface area (Å²) in [4.78, 5) is 0. The molecule has 2 rings (SSSR count). The molecule has 0 amide bonds. The number of hydrogen-bond acceptors (Lipinski definition) is 4. The van der Waals surface area contributed by atoms with Gasteiger partial charge in [-0.1, -0.05) is 12.0 Å². The molecule has 0 aromatic heterocycles. The van der Waals surface area contributed by atoms with Crippen LogP contribution in [0.5, 0.6) is 0 Å². The van der Waals surface area contributed by atoms with E-state index in [1.165, 1.54) is 6.92 Å². The van der Waals surface area contributed by atoms with E-state index in [2.05, 4.69) is 0 Å². The summed E-state index contributed by atoms with van der Waals surface area (Å²) < 4.78 is 11.7. The van der Waals surface area contributed by atoms with E-state index in [9.17, 15) is 19.9 Å². The van der Waals surface area contributed by atoms with Crippen molar-refractivity contribution in [1.29, 1.82) is 0 Å². The lowest BCUT2D eigenvalue weighted by atomic mass is 9.72. The molecule has 0 aliphatic heterocycles. The van der Waals surface area contributed by atoms with Crippen LogP contribution in [-0.4, -0.2) is 46.9 Å². The Morgan fingerprint density at radius 2 is 2.12 bits per heavy atom. The van der Waals surface area contributed by atoms with Crippen LogP contribution < -0.4 is 0 Å². The topological polar surface area (TPSA) is 77.8 Å². The van der Waals surface area contributed by atoms with Crippen LogP contribution in [0.2, 0.25) is 5.82 Å². The summed E-state index contributed by atoms with van der Waals surface area (Å²) in [6, 6.07) is 0. The SMILES string of the molecule is C.[B][C@@H]1C2C[C@@]2(C(O)[P+](=O)CC)[C@@H](O)[C@@]1(C)O. The summed E-state index contributed by atoms with van der Waals surface area (Å²) >= 11 is 0. The van der Waals surface area contributed by atoms with E-state index >= 15 is 0 Å². The standard InChI is InChI=1S/C10H17BO4P.CH4/c1-3-16(15)8(13)10-4-5(10)6(11)9(2,14)7(10)12;/h5-8,12-14H,3-4H2,1-2H3;1H4/q+1;/t5?,6-,7+,8?,9+,10+;/m1./s1. The molecule has 0 saturated heterocycles. The van der Waals surface area contributed by atoms with E-state index in [0.29, 0.717) is 12.6 Å². The maximum Gasteiger partial charge on any atom is 0.370 e. The monoisotopic (exact) mass is 259 g/mol. The van der Waals surface area contributed by atoms with Crippen molar-refractivity contribution in [2.75, 3.05) is 6.16 Å². The van der Waals surface area contributed by atoms with Gasteiger partial charge in [-0.15, -0.1) is 0 Å². The zero-order valence-electron chi connectivity index (χ0n) is 9.50. The number of hydrogen-bond donors (Lipinski definition) is 3. The molecule has 6 heteroatoms. The van der Waals surface area contributed by atoms with Crippen LogP contribution in [0.4, 0.5) is 0 Å². The second-order valence-corrected chi connectivity index (χ2v) is 7.14. The normalized spacial score (nSPS) is 50.2. The highest BCUT2D eigenvalue weighted by Gasteiger charge is 2.79. The molecule has 0 aromatic rings. The first-order valence-corrected chi connectivity index (χ1v) is 7.09. The van der Waals surface area contributed by atoms with Crippen molar-refractivity contribution in [2.45, 2.75) is 51.1 Å². The van der Waals surface area contributed by atoms with Gasteiger partial charge in [0, 0.05) is 0 Å². The molecule has 2 aliphatic carbocycles. The Kier molecular flexibility index (Phi) is 3.82. The first kappa shape index (κ1) is 15.1. The molecule has 3 unspecified atom stereocenters. The number of rotatable bonds is 3. The summed E-state index contributed by atoms with van der Waals surface area (Å²) in [5.74, 6) is -1.75. The fourth-order valence-electron chi connectivity index (χ4n) is 3.11. The molecule has 0 heterocycles. The molecule has 3 N–H and O–H groups in total. The molecule has 2 fully saturated rings. The van der Waals surface area contributed by atoms with Gasteiger partial charge >= 0.3 is 7.80 Å². The molecule has 2 aliphatic rings. The minimum atomic E-state index is -1.77. The Hall–Kier alpha value is 0.0449. The molecule has 0 spiro atoms. The second-order valence-electron chi connectivity index (χ2n) is 5.18. The third-order valence-corrected chi connectivity index (χ3v) is 5.99. The van der Waals surface area contributed by atoms with E-state index in [0.717, 1.165) is 0 Å². The van der Waals surface area contributed by atoms with Crippen LogP contribution >= 0.6 is 7.80 Å². The van der Waals surface area contributed by atoms with Crippen molar-refractivity contribution >= 4 is 15.6 Å². The van der Waals surface area contributed by atoms with Crippen LogP contribution in [0.1, 0.15) is 27.7 Å². The molecule has 2 radical (unpaired) electrons. The van der Waals surface area contributed by atoms with Gasteiger partial charge in [-0.2, -0.15) is 0 Å². The van der Waals surface area contributed by atoms with Gasteiger partial charge in [-0.05, 0) is 32.0 Å². The second kappa shape index (κ2) is 4.31. The third-order valence-electron chi connectivity index (χ3n) is 4.34. The minimum absolute atomic E-state index is 0. The van der Waals surface area contributed by atoms with E-state index in [1.807, 2.05) is 0 Å². The highest BCUT2D eigenvalue weighted by molar-refractivity contribution is 7.45. The maximum atomic E-state index is 11.7. The zero-order valence-corrected chi connectivity index (χ0v) is 10.4. The Balaban J connectivity index is 0.00000144. The minimum Gasteiger partial charge on any atom is -0.389 e. The molecule has 0 aromatic carbocycles. The number of aliphatic hydroxyl groups is 3. The first-order chi connectivity index (χ1) is 7.30. The van der Waals surface area contributed by atoms with Crippen molar-refractivity contribution < 1.29 is 19.9 Å². The Morgan fingerprint density at radius 1 is 1.59 bits per heavy atom. The van der Waals surface area contributed by atoms with Gasteiger partial charge in [-0.25, -0.2) is 0 Å². The van der Waals surface area contributed by atoms with Gasteiger partial charge < -0.3 is 15.3 Å². The number of fused-ring (bicyclic) bond motifs is 1. The maximum absolute atomic E-state index is 11.7. The summed E-state index contributed by atoms with van der Waals surface area (Å²) in [5, 5.41) is 30.1. The Bertz CT molecular complexity index is 335. The Morgan fingerprint density at radius 3 is 2.47 bits per heavy atom. The lowest BCUT2D eigenvalue weighted by Crippen LogP contribution is -2.46. The average molecular weight is 259 g/mol. The van der Waals surface area contributed by atoms with Gasteiger partial charge in [0.25, 0.3) is 5.85 Å². The zero-order chi connectivity index (χ0) is 12.3. The van der Waals surface area contributed by atoms with Crippen molar-refractivity contribution in [3.63, 3.8) is 0 Å². The summed E-state index contributed by atoms with van der Waals surface area (Å²) in [5.41, 5.74) is -2.24. The fourth-order valence-corrected chi connectivity index (χ4v) is 4.43. The van der Waals surface area contributed by atoms with E-state index in [1.54, 1.807) is 6.92 Å². The summed E-state index contributed by atoms with van der Waals surface area (Å²) in [6.45, 7) is 3.21. The lowest BCUT2D eigenvalue weighted by molar-refractivity contribution is -0.0866. The van der Waals surface area contributed by atoms with Crippen LogP contribution in [0.15, 0.2) is 0 Å². The molecule has 7 atom stereocenters. The van der Waals surface area contributed by atoms with E-state index in [-0.39, 0.29) is 13.3 Å². The molecule has 17 heavy (non-hydrogen) atoms. The summed E-state index contributed by atoms with van der Waals surface area (Å²) in [7, 11) is 4.07. The average Bonchev–Trinajstić information content (AvgIpc) is 2.97. The largest absolute Gasteiger partial charge is 0.389 e. The fraction of sp³-hybridized carbons (Fsp3) is 1.00. The molecular weight excluding hydrogens is 238 g/mol. The van der Waals surface area contributed by atoms with Crippen LogP contribution in [-0.2, 0) is 4.57 Å². The van der Waals surface area contributed by atoms with Gasteiger partial charge in [0.15, 0.2) is 0 Å². The van der Waals surface area contributed by atoms with E-state index < -0.39 is 36.6 Å². The van der Waals surface area contributed by atoms with Crippen LogP contribution in [0.25, 0.3) is 0 Å². The van der Waals surface area contributed by atoms with Gasteiger partial charge in [-0.3, -0.25) is 0 Å². The highest BCUT2D eigenvalue weighted by Crippen LogP contribution is 2.74. The molecule has 0 bridgehead atoms. The highest BCUT2D eigenvalue weighted by atomic mass is 31.1. The lowest BCUT2D eigenvalue weighted by Gasteiger charge is -2.32. The molecule has 96 valence electrons. The smallest absolute Gasteiger partial charge is 0.370 e. The predicted molar refractivity (Wildman–Crippen MR) is 67.6 cm³/mol.